The molecule has 0 saturated carbocycles. The van der Waals surface area contributed by atoms with Crippen LogP contribution in [0.4, 0.5) is 0 Å². The van der Waals surface area contributed by atoms with Gasteiger partial charge in [-0.1, -0.05) is 172 Å². The van der Waals surface area contributed by atoms with Crippen molar-refractivity contribution in [3.05, 3.63) is 36.5 Å². The molecular formula is C50H94NO8P. The van der Waals surface area contributed by atoms with E-state index in [0.29, 0.717) is 23.9 Å². The van der Waals surface area contributed by atoms with Crippen LogP contribution in [0.15, 0.2) is 36.5 Å². The van der Waals surface area contributed by atoms with E-state index in [1.165, 1.54) is 135 Å². The summed E-state index contributed by atoms with van der Waals surface area (Å²) in [6.45, 7) is 4.20. The first-order valence-electron chi connectivity index (χ1n) is 24.7. The summed E-state index contributed by atoms with van der Waals surface area (Å²) in [5, 5.41) is 0. The SMILES string of the molecule is CCCCCCCC/C=C/C/C=C/CCCCC(=O)OC[C@H](COP(=O)([O-])OCC[N+](C)(C)C)OC(=O)CCCCCCCCCCCCC/C=C/CCCCCCCC. The number of quaternary nitrogens is 1. The van der Waals surface area contributed by atoms with E-state index in [1.54, 1.807) is 0 Å². The summed E-state index contributed by atoms with van der Waals surface area (Å²) in [6.07, 6.45) is 48.9. The van der Waals surface area contributed by atoms with Gasteiger partial charge in [0, 0.05) is 12.8 Å². The first kappa shape index (κ1) is 58.2. The van der Waals surface area contributed by atoms with Gasteiger partial charge in [-0.3, -0.25) is 14.2 Å². The molecule has 0 aliphatic heterocycles. The van der Waals surface area contributed by atoms with E-state index in [1.807, 2.05) is 21.1 Å². The number of unbranched alkanes of at least 4 members (excludes halogenated alkanes) is 25. The number of phosphoric acid groups is 1. The Morgan fingerprint density at radius 2 is 0.900 bits per heavy atom. The van der Waals surface area contributed by atoms with Crippen LogP contribution < -0.4 is 4.89 Å². The van der Waals surface area contributed by atoms with Gasteiger partial charge >= 0.3 is 11.9 Å². The summed E-state index contributed by atoms with van der Waals surface area (Å²) in [4.78, 5) is 37.6. The Kier molecular flexibility index (Phi) is 41.3. The molecule has 0 aromatic rings. The predicted octanol–water partition coefficient (Wildman–Crippen LogP) is 13.8. The molecular weight excluding hydrogens is 774 g/mol. The zero-order valence-electron chi connectivity index (χ0n) is 39.7. The molecule has 1 unspecified atom stereocenters. The van der Waals surface area contributed by atoms with Crippen LogP contribution in [0, 0.1) is 0 Å². The average Bonchev–Trinajstić information content (AvgIpc) is 3.20. The highest BCUT2D eigenvalue weighted by molar-refractivity contribution is 7.45. The van der Waals surface area contributed by atoms with Gasteiger partial charge < -0.3 is 27.9 Å². The molecule has 0 radical (unpaired) electrons. The lowest BCUT2D eigenvalue weighted by atomic mass is 10.0. The van der Waals surface area contributed by atoms with Crippen LogP contribution in [0.3, 0.4) is 0 Å². The smallest absolute Gasteiger partial charge is 0.306 e. The van der Waals surface area contributed by atoms with Gasteiger partial charge in [0.25, 0.3) is 7.82 Å². The third-order valence-electron chi connectivity index (χ3n) is 10.6. The van der Waals surface area contributed by atoms with Crippen LogP contribution in [-0.2, 0) is 32.7 Å². The second-order valence-electron chi connectivity index (χ2n) is 17.8. The zero-order chi connectivity index (χ0) is 44.3. The van der Waals surface area contributed by atoms with E-state index in [-0.39, 0.29) is 26.1 Å². The van der Waals surface area contributed by atoms with Crippen molar-refractivity contribution in [2.45, 2.75) is 225 Å². The number of likely N-dealkylation sites (N-methyl/N-ethyl adjacent to an activating group) is 1. The van der Waals surface area contributed by atoms with Gasteiger partial charge in [-0.25, -0.2) is 0 Å². The van der Waals surface area contributed by atoms with Crippen molar-refractivity contribution in [1.29, 1.82) is 0 Å². The first-order valence-corrected chi connectivity index (χ1v) is 26.2. The number of hydrogen-bond acceptors (Lipinski definition) is 8. The molecule has 60 heavy (non-hydrogen) atoms. The highest BCUT2D eigenvalue weighted by atomic mass is 31.2. The van der Waals surface area contributed by atoms with Crippen LogP contribution in [0.1, 0.15) is 219 Å². The van der Waals surface area contributed by atoms with Gasteiger partial charge in [0.05, 0.1) is 27.7 Å². The lowest BCUT2D eigenvalue weighted by Crippen LogP contribution is -2.37. The molecule has 0 aliphatic carbocycles. The number of carbonyl (C=O) groups excluding carboxylic acids is 2. The molecule has 0 rings (SSSR count). The molecule has 0 saturated heterocycles. The summed E-state index contributed by atoms with van der Waals surface area (Å²) < 4.78 is 34.0. The van der Waals surface area contributed by atoms with Crippen molar-refractivity contribution in [2.75, 3.05) is 47.5 Å². The fourth-order valence-electron chi connectivity index (χ4n) is 6.74. The number of nitrogens with zero attached hydrogens (tertiary/aromatic N) is 1. The van der Waals surface area contributed by atoms with E-state index < -0.39 is 32.5 Å². The van der Waals surface area contributed by atoms with Gasteiger partial charge in [0.2, 0.25) is 0 Å². The van der Waals surface area contributed by atoms with Gasteiger partial charge in [-0.2, -0.15) is 0 Å². The largest absolute Gasteiger partial charge is 0.756 e. The minimum absolute atomic E-state index is 0.0354. The highest BCUT2D eigenvalue weighted by Gasteiger charge is 2.21. The summed E-state index contributed by atoms with van der Waals surface area (Å²) >= 11 is 0. The minimum Gasteiger partial charge on any atom is -0.756 e. The monoisotopic (exact) mass is 868 g/mol. The third-order valence-corrected chi connectivity index (χ3v) is 11.6. The maximum Gasteiger partial charge on any atom is 0.306 e. The van der Waals surface area contributed by atoms with Gasteiger partial charge in [0.1, 0.15) is 19.8 Å². The van der Waals surface area contributed by atoms with Crippen LogP contribution in [0.5, 0.6) is 0 Å². The Bertz CT molecular complexity index is 1120. The van der Waals surface area contributed by atoms with Crippen molar-refractivity contribution in [1.82, 2.24) is 0 Å². The molecule has 352 valence electrons. The van der Waals surface area contributed by atoms with Crippen molar-refractivity contribution < 1.29 is 42.1 Å². The molecule has 0 aliphatic rings. The Morgan fingerprint density at radius 1 is 0.517 bits per heavy atom. The molecule has 0 bridgehead atoms. The Labute approximate surface area is 370 Å². The van der Waals surface area contributed by atoms with Gasteiger partial charge in [-0.05, 0) is 70.6 Å². The molecule has 0 spiro atoms. The second-order valence-corrected chi connectivity index (χ2v) is 19.2. The van der Waals surface area contributed by atoms with E-state index in [4.69, 9.17) is 18.5 Å². The zero-order valence-corrected chi connectivity index (χ0v) is 40.6. The fourth-order valence-corrected chi connectivity index (χ4v) is 7.47. The molecule has 0 aromatic heterocycles. The molecule has 0 fully saturated rings. The standard InChI is InChI=1S/C50H94NO8P/c1-6-8-10-12-14-16-18-20-22-23-24-25-26-27-29-31-33-35-37-39-41-43-50(53)59-48(47-58-60(54,55)57-45-44-51(3,4)5)46-56-49(52)42-40-38-36-34-32-30-28-21-19-17-15-13-11-9-7-2/h20-22,28,32,34,48H,6-19,23-27,29-31,33,35-47H2,1-5H3/b22-20+,28-21+,34-32+/t48-/m1/s1. The summed E-state index contributed by atoms with van der Waals surface area (Å²) in [5.74, 6) is -0.868. The van der Waals surface area contributed by atoms with Crippen LogP contribution >= 0.6 is 7.82 Å². The summed E-state index contributed by atoms with van der Waals surface area (Å²) in [6, 6.07) is 0. The number of esters is 2. The van der Waals surface area contributed by atoms with Gasteiger partial charge in [-0.15, -0.1) is 0 Å². The lowest BCUT2D eigenvalue weighted by molar-refractivity contribution is -0.870. The first-order chi connectivity index (χ1) is 29.0. The number of ether oxygens (including phenoxy) is 2. The molecule has 0 heterocycles. The quantitative estimate of drug-likeness (QED) is 0.0196. The topological polar surface area (TPSA) is 111 Å². The molecule has 9 nitrogen and oxygen atoms in total. The normalized spacial score (nSPS) is 13.8. The molecule has 0 amide bonds. The van der Waals surface area contributed by atoms with Crippen molar-refractivity contribution in [3.8, 4) is 0 Å². The van der Waals surface area contributed by atoms with Crippen LogP contribution in [0.25, 0.3) is 0 Å². The fraction of sp³-hybridized carbons (Fsp3) is 0.840. The van der Waals surface area contributed by atoms with E-state index >= 15 is 0 Å². The number of carbonyl (C=O) groups is 2. The maximum atomic E-state index is 12.7. The van der Waals surface area contributed by atoms with Crippen LogP contribution in [-0.4, -0.2) is 70.0 Å². The average molecular weight is 868 g/mol. The molecule has 0 aromatic carbocycles. The summed E-state index contributed by atoms with van der Waals surface area (Å²) in [7, 11) is 1.15. The Morgan fingerprint density at radius 3 is 1.37 bits per heavy atom. The highest BCUT2D eigenvalue weighted by Crippen LogP contribution is 2.38. The van der Waals surface area contributed by atoms with E-state index in [9.17, 15) is 19.0 Å². The maximum absolute atomic E-state index is 12.7. The number of hydrogen-bond donors (Lipinski definition) is 0. The van der Waals surface area contributed by atoms with Crippen molar-refractivity contribution in [2.24, 2.45) is 0 Å². The number of rotatable bonds is 45. The lowest BCUT2D eigenvalue weighted by Gasteiger charge is -2.28. The molecule has 0 N–H and O–H groups in total. The Balaban J connectivity index is 4.29. The predicted molar refractivity (Wildman–Crippen MR) is 250 cm³/mol. The van der Waals surface area contributed by atoms with E-state index in [0.717, 1.165) is 44.9 Å². The van der Waals surface area contributed by atoms with Crippen molar-refractivity contribution >= 4 is 19.8 Å². The van der Waals surface area contributed by atoms with Crippen molar-refractivity contribution in [3.63, 3.8) is 0 Å². The minimum atomic E-state index is -4.63. The summed E-state index contributed by atoms with van der Waals surface area (Å²) in [5.41, 5.74) is 0. The van der Waals surface area contributed by atoms with Crippen LogP contribution in [0.2, 0.25) is 0 Å². The third kappa shape index (κ3) is 45.7. The molecule has 2 atom stereocenters. The molecule has 10 heteroatoms. The van der Waals surface area contributed by atoms with Gasteiger partial charge in [0.15, 0.2) is 6.10 Å². The number of phosphoric ester groups is 1. The second kappa shape index (κ2) is 42.5. The Hall–Kier alpha value is -1.77. The van der Waals surface area contributed by atoms with E-state index in [2.05, 4.69) is 50.3 Å². The number of allylic oxidation sites excluding steroid dienone is 6.